The zero-order chi connectivity index (χ0) is 22.5. The molecule has 0 unspecified atom stereocenters. The van der Waals surface area contributed by atoms with Crippen LogP contribution in [0.15, 0.2) is 90.6 Å². The van der Waals surface area contributed by atoms with Crippen molar-refractivity contribution in [2.45, 2.75) is 0 Å². The number of carbonyl (C=O) groups excluding carboxylic acids is 1. The fourth-order valence-electron chi connectivity index (χ4n) is 3.07. The Bertz CT molecular complexity index is 1320. The van der Waals surface area contributed by atoms with Crippen LogP contribution in [0.3, 0.4) is 0 Å². The Morgan fingerprint density at radius 1 is 1.03 bits per heavy atom. The quantitative estimate of drug-likeness (QED) is 0.310. The first-order valence-electron chi connectivity index (χ1n) is 9.63. The molecule has 0 spiro atoms. The maximum Gasteiger partial charge on any atom is 0.266 e. The van der Waals surface area contributed by atoms with Crippen LogP contribution in [0.5, 0.6) is 0 Å². The van der Waals surface area contributed by atoms with Crippen molar-refractivity contribution in [1.29, 1.82) is 5.26 Å². The molecular weight excluding hydrogens is 427 g/mol. The lowest BCUT2D eigenvalue weighted by atomic mass is 10.1. The molecule has 4 aromatic rings. The second-order valence-electron chi connectivity index (χ2n) is 6.85. The van der Waals surface area contributed by atoms with Gasteiger partial charge in [-0.15, -0.1) is 0 Å². The fourth-order valence-corrected chi connectivity index (χ4v) is 3.20. The monoisotopic (exact) mass is 442 g/mol. The standard InChI is InChI=1S/C25H16ClFN4O/c26-20-8-6-17(7-9-20)24-19(16-31(30-24)23-4-2-1-3-5-23)14-18(15-28)25(32)29-22-12-10-21(27)11-13-22/h1-14,16H,(H,29,32). The molecule has 0 atom stereocenters. The molecule has 0 fully saturated rings. The third kappa shape index (κ3) is 4.75. The number of halogens is 2. The number of hydrogen-bond donors (Lipinski definition) is 1. The van der Waals surface area contributed by atoms with E-state index in [1.54, 1.807) is 23.0 Å². The van der Waals surface area contributed by atoms with Crippen molar-refractivity contribution in [2.75, 3.05) is 5.32 Å². The van der Waals surface area contributed by atoms with E-state index in [4.69, 9.17) is 11.6 Å². The molecule has 1 amide bonds. The highest BCUT2D eigenvalue weighted by Crippen LogP contribution is 2.27. The van der Waals surface area contributed by atoms with Gasteiger partial charge >= 0.3 is 0 Å². The number of benzene rings is 3. The van der Waals surface area contributed by atoms with Crippen molar-refractivity contribution >= 4 is 29.3 Å². The van der Waals surface area contributed by atoms with E-state index in [0.717, 1.165) is 11.3 Å². The van der Waals surface area contributed by atoms with E-state index in [-0.39, 0.29) is 5.57 Å². The number of nitrogens with one attached hydrogen (secondary N) is 1. The Morgan fingerprint density at radius 2 is 1.72 bits per heavy atom. The van der Waals surface area contributed by atoms with Gasteiger partial charge in [0.1, 0.15) is 17.5 Å². The SMILES string of the molecule is N#CC(=Cc1cn(-c2ccccc2)nc1-c1ccc(Cl)cc1)C(=O)Nc1ccc(F)cc1. The molecule has 156 valence electrons. The first-order chi connectivity index (χ1) is 15.5. The van der Waals surface area contributed by atoms with Crippen molar-refractivity contribution in [1.82, 2.24) is 9.78 Å². The molecule has 4 rings (SSSR count). The maximum absolute atomic E-state index is 13.1. The smallest absolute Gasteiger partial charge is 0.266 e. The summed E-state index contributed by atoms with van der Waals surface area (Å²) < 4.78 is 14.8. The van der Waals surface area contributed by atoms with E-state index < -0.39 is 11.7 Å². The number of hydrogen-bond acceptors (Lipinski definition) is 3. The first-order valence-corrected chi connectivity index (χ1v) is 10.0. The van der Waals surface area contributed by atoms with Crippen molar-refractivity contribution in [3.63, 3.8) is 0 Å². The molecule has 1 heterocycles. The van der Waals surface area contributed by atoms with Crippen molar-refractivity contribution < 1.29 is 9.18 Å². The number of carbonyl (C=O) groups is 1. The predicted molar refractivity (Wildman–Crippen MR) is 123 cm³/mol. The van der Waals surface area contributed by atoms with Crippen LogP contribution in [-0.2, 0) is 4.79 Å². The van der Waals surface area contributed by atoms with Crippen LogP contribution in [0, 0.1) is 17.1 Å². The van der Waals surface area contributed by atoms with Crippen LogP contribution in [0.25, 0.3) is 23.0 Å². The van der Waals surface area contributed by atoms with Crippen LogP contribution in [0.4, 0.5) is 10.1 Å². The zero-order valence-electron chi connectivity index (χ0n) is 16.7. The topological polar surface area (TPSA) is 70.7 Å². The lowest BCUT2D eigenvalue weighted by molar-refractivity contribution is -0.112. The normalized spacial score (nSPS) is 11.1. The maximum atomic E-state index is 13.1. The van der Waals surface area contributed by atoms with Crippen molar-refractivity contribution in [2.24, 2.45) is 0 Å². The van der Waals surface area contributed by atoms with E-state index in [1.807, 2.05) is 48.5 Å². The Hall–Kier alpha value is -4.21. The van der Waals surface area contributed by atoms with E-state index in [1.165, 1.54) is 30.3 Å². The second kappa shape index (κ2) is 9.29. The Labute approximate surface area is 189 Å². The van der Waals surface area contributed by atoms with Crippen LogP contribution < -0.4 is 5.32 Å². The zero-order valence-corrected chi connectivity index (χ0v) is 17.4. The minimum atomic E-state index is -0.603. The Morgan fingerprint density at radius 3 is 2.38 bits per heavy atom. The van der Waals surface area contributed by atoms with Crippen LogP contribution in [0.1, 0.15) is 5.56 Å². The highest BCUT2D eigenvalue weighted by Gasteiger charge is 2.15. The largest absolute Gasteiger partial charge is 0.321 e. The van der Waals surface area contributed by atoms with Gasteiger partial charge in [0.25, 0.3) is 5.91 Å². The molecular formula is C25H16ClFN4O. The minimum Gasteiger partial charge on any atom is -0.321 e. The lowest BCUT2D eigenvalue weighted by Crippen LogP contribution is -2.13. The fraction of sp³-hybridized carbons (Fsp3) is 0. The van der Waals surface area contributed by atoms with Gasteiger partial charge in [-0.3, -0.25) is 4.79 Å². The molecule has 0 aliphatic heterocycles. The number of para-hydroxylation sites is 1. The average Bonchev–Trinajstić information content (AvgIpc) is 3.24. The van der Waals surface area contributed by atoms with Gasteiger partial charge in [-0.1, -0.05) is 41.9 Å². The molecule has 0 radical (unpaired) electrons. The third-order valence-electron chi connectivity index (χ3n) is 4.65. The third-order valence-corrected chi connectivity index (χ3v) is 4.90. The summed E-state index contributed by atoms with van der Waals surface area (Å²) in [6.07, 6.45) is 3.23. The highest BCUT2D eigenvalue weighted by atomic mass is 35.5. The highest BCUT2D eigenvalue weighted by molar-refractivity contribution is 6.30. The van der Waals surface area contributed by atoms with E-state index in [0.29, 0.717) is 22.0 Å². The average molecular weight is 443 g/mol. The molecule has 0 aliphatic carbocycles. The molecule has 32 heavy (non-hydrogen) atoms. The summed E-state index contributed by atoms with van der Waals surface area (Å²) in [5.74, 6) is -1.02. The minimum absolute atomic E-state index is 0.114. The summed E-state index contributed by atoms with van der Waals surface area (Å²) in [7, 11) is 0. The summed E-state index contributed by atoms with van der Waals surface area (Å²) >= 11 is 6.02. The summed E-state index contributed by atoms with van der Waals surface area (Å²) in [5, 5.41) is 17.5. The molecule has 0 saturated carbocycles. The predicted octanol–water partition coefficient (Wildman–Crippen LogP) is 5.88. The van der Waals surface area contributed by atoms with Gasteiger partial charge in [0.15, 0.2) is 0 Å². The second-order valence-corrected chi connectivity index (χ2v) is 7.29. The molecule has 1 N–H and O–H groups in total. The number of aromatic nitrogens is 2. The molecule has 0 saturated heterocycles. The number of rotatable bonds is 5. The van der Waals surface area contributed by atoms with E-state index in [2.05, 4.69) is 10.4 Å². The van der Waals surface area contributed by atoms with E-state index >= 15 is 0 Å². The summed E-state index contributed by atoms with van der Waals surface area (Å²) in [6.45, 7) is 0. The van der Waals surface area contributed by atoms with Gasteiger partial charge in [0.05, 0.1) is 11.4 Å². The molecule has 3 aromatic carbocycles. The lowest BCUT2D eigenvalue weighted by Gasteiger charge is -2.04. The van der Waals surface area contributed by atoms with Crippen LogP contribution in [0.2, 0.25) is 5.02 Å². The van der Waals surface area contributed by atoms with Gasteiger partial charge in [0, 0.05) is 28.0 Å². The van der Waals surface area contributed by atoms with Gasteiger partial charge < -0.3 is 5.32 Å². The van der Waals surface area contributed by atoms with Gasteiger partial charge in [-0.05, 0) is 54.6 Å². The summed E-state index contributed by atoms with van der Waals surface area (Å²) in [4.78, 5) is 12.7. The first kappa shape index (κ1) is 21.0. The summed E-state index contributed by atoms with van der Waals surface area (Å²) in [5.41, 5.74) is 3.06. The van der Waals surface area contributed by atoms with Gasteiger partial charge in [0.2, 0.25) is 0 Å². The molecule has 0 bridgehead atoms. The number of amides is 1. The van der Waals surface area contributed by atoms with E-state index in [9.17, 15) is 14.4 Å². The number of nitriles is 1. The van der Waals surface area contributed by atoms with Crippen molar-refractivity contribution in [3.05, 3.63) is 107 Å². The van der Waals surface area contributed by atoms with Crippen LogP contribution in [-0.4, -0.2) is 15.7 Å². The number of nitrogens with zero attached hydrogens (tertiary/aromatic N) is 3. The van der Waals surface area contributed by atoms with Crippen molar-refractivity contribution in [3.8, 4) is 23.0 Å². The Kier molecular flexibility index (Phi) is 6.11. The molecule has 7 heteroatoms. The molecule has 0 aliphatic rings. The molecule has 5 nitrogen and oxygen atoms in total. The van der Waals surface area contributed by atoms with Gasteiger partial charge in [-0.25, -0.2) is 9.07 Å². The van der Waals surface area contributed by atoms with Crippen LogP contribution >= 0.6 is 11.6 Å². The molecule has 1 aromatic heterocycles. The Balaban J connectivity index is 1.74. The van der Waals surface area contributed by atoms with Gasteiger partial charge in [-0.2, -0.15) is 10.4 Å². The summed E-state index contributed by atoms with van der Waals surface area (Å²) in [6, 6.07) is 23.9. The number of anilines is 1.